The van der Waals surface area contributed by atoms with Crippen LogP contribution < -0.4 is 11.3 Å². The van der Waals surface area contributed by atoms with Crippen LogP contribution in [-0.4, -0.2) is 18.2 Å². The molecule has 1 aromatic carbocycles. The molecule has 112 valence electrons. The molecule has 0 radical (unpaired) electrons. The van der Waals surface area contributed by atoms with Gasteiger partial charge in [0.15, 0.2) is 0 Å². The highest BCUT2D eigenvalue weighted by Crippen LogP contribution is 2.35. The van der Waals surface area contributed by atoms with Crippen LogP contribution >= 0.6 is 0 Å². The summed E-state index contributed by atoms with van der Waals surface area (Å²) in [5, 5.41) is 0. The van der Waals surface area contributed by atoms with E-state index in [0.717, 1.165) is 0 Å². The predicted octanol–water partition coefficient (Wildman–Crippen LogP) is 2.40. The van der Waals surface area contributed by atoms with Crippen molar-refractivity contribution in [1.29, 1.82) is 0 Å². The van der Waals surface area contributed by atoms with Crippen molar-refractivity contribution in [3.8, 4) is 0 Å². The van der Waals surface area contributed by atoms with E-state index in [4.69, 9.17) is 10.6 Å². The largest absolute Gasteiger partial charge is 0.375 e. The Morgan fingerprint density at radius 2 is 1.80 bits per heavy atom. The molecule has 5 atom stereocenters. The summed E-state index contributed by atoms with van der Waals surface area (Å²) in [6.07, 6.45) is 0.344. The molecular weight excluding hydrogens is 262 g/mol. The highest BCUT2D eigenvalue weighted by molar-refractivity contribution is 5.21. The fraction of sp³-hybridized carbons (Fsp3) is 0.600. The minimum absolute atomic E-state index is 0.0101. The number of ether oxygens (including phenoxy) is 1. The number of rotatable bonds is 4. The summed E-state index contributed by atoms with van der Waals surface area (Å²) in [5.41, 5.74) is 2.79. The van der Waals surface area contributed by atoms with Crippen molar-refractivity contribution in [2.45, 2.75) is 45.4 Å². The minimum Gasteiger partial charge on any atom is -0.375 e. The number of halogens is 2. The van der Waals surface area contributed by atoms with E-state index in [1.54, 1.807) is 0 Å². The molecule has 5 unspecified atom stereocenters. The average molecular weight is 284 g/mol. The molecule has 5 heteroatoms. The molecule has 1 saturated heterocycles. The van der Waals surface area contributed by atoms with Gasteiger partial charge in [-0.3, -0.25) is 11.3 Å². The van der Waals surface area contributed by atoms with E-state index in [0.29, 0.717) is 0 Å². The first kappa shape index (κ1) is 15.4. The lowest BCUT2D eigenvalue weighted by molar-refractivity contribution is 0.0475. The maximum absolute atomic E-state index is 13.8. The lowest BCUT2D eigenvalue weighted by Gasteiger charge is -2.28. The second-order valence-corrected chi connectivity index (χ2v) is 5.66. The zero-order valence-corrected chi connectivity index (χ0v) is 12.1. The Bertz CT molecular complexity index is 449. The van der Waals surface area contributed by atoms with Gasteiger partial charge in [-0.15, -0.1) is 0 Å². The van der Waals surface area contributed by atoms with Crippen LogP contribution in [0.3, 0.4) is 0 Å². The normalized spacial score (nSPS) is 31.5. The number of hydrogen-bond acceptors (Lipinski definition) is 3. The van der Waals surface area contributed by atoms with Gasteiger partial charge in [-0.1, -0.05) is 13.0 Å². The Labute approximate surface area is 118 Å². The Morgan fingerprint density at radius 3 is 2.25 bits per heavy atom. The quantitative estimate of drug-likeness (QED) is 0.659. The Balaban J connectivity index is 2.21. The lowest BCUT2D eigenvalue weighted by Crippen LogP contribution is -2.47. The van der Waals surface area contributed by atoms with E-state index in [1.807, 2.05) is 13.8 Å². The standard InChI is InChI=1S/C15H22F2N2O/c1-8-9(2)20-10(3)15(8)14(19-18)7-11-12(16)5-4-6-13(11)17/h4-6,8-10,14-15,19H,7,18H2,1-3H3. The maximum Gasteiger partial charge on any atom is 0.129 e. The van der Waals surface area contributed by atoms with Crippen LogP contribution in [0.15, 0.2) is 18.2 Å². The Kier molecular flexibility index (Phi) is 4.73. The molecule has 0 spiro atoms. The third-order valence-electron chi connectivity index (χ3n) is 4.48. The monoisotopic (exact) mass is 284 g/mol. The van der Waals surface area contributed by atoms with Gasteiger partial charge >= 0.3 is 0 Å². The third kappa shape index (κ3) is 2.85. The lowest BCUT2D eigenvalue weighted by atomic mass is 9.81. The first-order chi connectivity index (χ1) is 9.45. The second-order valence-electron chi connectivity index (χ2n) is 5.66. The van der Waals surface area contributed by atoms with Crippen molar-refractivity contribution < 1.29 is 13.5 Å². The highest BCUT2D eigenvalue weighted by Gasteiger charge is 2.41. The molecule has 1 fully saturated rings. The molecule has 1 heterocycles. The van der Waals surface area contributed by atoms with Crippen LogP contribution in [0.4, 0.5) is 8.78 Å². The molecule has 3 nitrogen and oxygen atoms in total. The van der Waals surface area contributed by atoms with Crippen LogP contribution in [0.2, 0.25) is 0 Å². The summed E-state index contributed by atoms with van der Waals surface area (Å²) in [4.78, 5) is 0. The van der Waals surface area contributed by atoms with E-state index < -0.39 is 11.6 Å². The third-order valence-corrected chi connectivity index (χ3v) is 4.48. The number of hydrazine groups is 1. The number of benzene rings is 1. The van der Waals surface area contributed by atoms with Crippen molar-refractivity contribution in [2.24, 2.45) is 17.7 Å². The Morgan fingerprint density at radius 1 is 1.20 bits per heavy atom. The fourth-order valence-corrected chi connectivity index (χ4v) is 3.24. The van der Waals surface area contributed by atoms with Crippen molar-refractivity contribution >= 4 is 0 Å². The topological polar surface area (TPSA) is 47.3 Å². The summed E-state index contributed by atoms with van der Waals surface area (Å²) < 4.78 is 33.3. The van der Waals surface area contributed by atoms with Gasteiger partial charge in [0, 0.05) is 17.5 Å². The van der Waals surface area contributed by atoms with Crippen molar-refractivity contribution in [3.63, 3.8) is 0 Å². The Hall–Kier alpha value is -1.04. The molecule has 1 aliphatic rings. The first-order valence-electron chi connectivity index (χ1n) is 7.00. The van der Waals surface area contributed by atoms with E-state index in [1.165, 1.54) is 18.2 Å². The summed E-state index contributed by atoms with van der Waals surface area (Å²) >= 11 is 0. The van der Waals surface area contributed by atoms with Gasteiger partial charge in [0.2, 0.25) is 0 Å². The van der Waals surface area contributed by atoms with Gasteiger partial charge in [0.05, 0.1) is 12.2 Å². The summed E-state index contributed by atoms with van der Waals surface area (Å²) in [6, 6.07) is 3.68. The summed E-state index contributed by atoms with van der Waals surface area (Å²) in [7, 11) is 0. The molecule has 0 bridgehead atoms. The molecule has 0 amide bonds. The van der Waals surface area contributed by atoms with Crippen molar-refractivity contribution in [3.05, 3.63) is 35.4 Å². The van der Waals surface area contributed by atoms with Crippen molar-refractivity contribution in [2.75, 3.05) is 0 Å². The summed E-state index contributed by atoms with van der Waals surface area (Å²) in [5.74, 6) is 4.96. The average Bonchev–Trinajstić information content (AvgIpc) is 2.64. The highest BCUT2D eigenvalue weighted by atomic mass is 19.1. The van der Waals surface area contributed by atoms with Crippen LogP contribution in [0.1, 0.15) is 26.3 Å². The smallest absolute Gasteiger partial charge is 0.129 e. The van der Waals surface area contributed by atoms with Crippen LogP contribution in [0.25, 0.3) is 0 Å². The molecule has 2 rings (SSSR count). The fourth-order valence-electron chi connectivity index (χ4n) is 3.24. The SMILES string of the molecule is CC1OC(C)C(C(Cc2c(F)cccc2F)NN)C1C. The molecule has 1 aromatic rings. The molecular formula is C15H22F2N2O. The van der Waals surface area contributed by atoms with Gasteiger partial charge < -0.3 is 4.74 Å². The molecule has 0 saturated carbocycles. The van der Waals surface area contributed by atoms with E-state index in [-0.39, 0.29) is 42.1 Å². The molecule has 1 aliphatic heterocycles. The van der Waals surface area contributed by atoms with Crippen molar-refractivity contribution in [1.82, 2.24) is 5.43 Å². The van der Waals surface area contributed by atoms with Gasteiger partial charge in [-0.05, 0) is 38.3 Å². The van der Waals surface area contributed by atoms with Gasteiger partial charge in [-0.25, -0.2) is 8.78 Å². The number of hydrogen-bond donors (Lipinski definition) is 2. The van der Waals surface area contributed by atoms with Gasteiger partial charge in [-0.2, -0.15) is 0 Å². The zero-order valence-electron chi connectivity index (χ0n) is 12.1. The predicted molar refractivity (Wildman–Crippen MR) is 73.8 cm³/mol. The van der Waals surface area contributed by atoms with Crippen LogP contribution in [0.5, 0.6) is 0 Å². The van der Waals surface area contributed by atoms with Crippen LogP contribution in [0, 0.1) is 23.5 Å². The first-order valence-corrected chi connectivity index (χ1v) is 7.00. The van der Waals surface area contributed by atoms with E-state index in [2.05, 4.69) is 12.3 Å². The molecule has 0 aromatic heterocycles. The van der Waals surface area contributed by atoms with E-state index >= 15 is 0 Å². The van der Waals surface area contributed by atoms with E-state index in [9.17, 15) is 8.78 Å². The zero-order chi connectivity index (χ0) is 14.9. The molecule has 20 heavy (non-hydrogen) atoms. The molecule has 3 N–H and O–H groups in total. The number of nitrogens with one attached hydrogen (secondary N) is 1. The number of nitrogens with two attached hydrogens (primary N) is 1. The second kappa shape index (κ2) is 6.16. The van der Waals surface area contributed by atoms with Gasteiger partial charge in [0.1, 0.15) is 11.6 Å². The molecule has 0 aliphatic carbocycles. The van der Waals surface area contributed by atoms with Gasteiger partial charge in [0.25, 0.3) is 0 Å². The van der Waals surface area contributed by atoms with Crippen LogP contribution in [-0.2, 0) is 11.2 Å². The summed E-state index contributed by atoms with van der Waals surface area (Å²) in [6.45, 7) is 6.08. The maximum atomic E-state index is 13.8. The minimum atomic E-state index is -0.530.